The minimum Gasteiger partial charge on any atom is -0.385 e. The predicted octanol–water partition coefficient (Wildman–Crippen LogP) is 1.17. The van der Waals surface area contributed by atoms with E-state index in [1.54, 1.807) is 0 Å². The first kappa shape index (κ1) is 13.3. The molecule has 1 fully saturated rings. The molecular formula is C12H26N4. The van der Waals surface area contributed by atoms with Gasteiger partial charge in [0, 0.05) is 30.9 Å². The molecule has 0 atom stereocenters. The Morgan fingerprint density at radius 1 is 1.31 bits per heavy atom. The second kappa shape index (κ2) is 7.52. The van der Waals surface area contributed by atoms with Gasteiger partial charge in [0.2, 0.25) is 0 Å². The third-order valence-corrected chi connectivity index (χ3v) is 2.88. The Balaban J connectivity index is 2.28. The van der Waals surface area contributed by atoms with Crippen molar-refractivity contribution in [1.29, 1.82) is 0 Å². The number of nitrogens with one attached hydrogen (secondary N) is 2. The first-order valence-corrected chi connectivity index (χ1v) is 6.36. The molecule has 0 amide bonds. The molecule has 0 aromatic carbocycles. The highest BCUT2D eigenvalue weighted by Gasteiger charge is 2.10. The molecule has 1 saturated heterocycles. The fraction of sp³-hybridized carbons (Fsp3) is 0.833. The van der Waals surface area contributed by atoms with Crippen LogP contribution in [0.3, 0.4) is 0 Å². The fourth-order valence-corrected chi connectivity index (χ4v) is 2.12. The minimum atomic E-state index is 0.459. The van der Waals surface area contributed by atoms with Gasteiger partial charge in [0.25, 0.3) is 0 Å². The molecule has 1 aliphatic heterocycles. The summed E-state index contributed by atoms with van der Waals surface area (Å²) >= 11 is 0. The van der Waals surface area contributed by atoms with Crippen LogP contribution in [-0.4, -0.2) is 30.6 Å². The summed E-state index contributed by atoms with van der Waals surface area (Å²) in [5, 5.41) is 3.41. The summed E-state index contributed by atoms with van der Waals surface area (Å²) in [6.07, 6.45) is 7.01. The molecule has 1 rings (SSSR count). The highest BCUT2D eigenvalue weighted by atomic mass is 15.2. The molecule has 0 aliphatic carbocycles. The van der Waals surface area contributed by atoms with Crippen LogP contribution in [0, 0.1) is 0 Å². The summed E-state index contributed by atoms with van der Waals surface area (Å²) in [5.74, 6) is 5.33. The SMILES string of the molecule is CC(C)N/C(=C\NN)CCN1CCCCC1. The van der Waals surface area contributed by atoms with E-state index in [2.05, 4.69) is 29.5 Å². The summed E-state index contributed by atoms with van der Waals surface area (Å²) in [5.41, 5.74) is 3.82. The molecular weight excluding hydrogens is 200 g/mol. The number of hydrogen-bond acceptors (Lipinski definition) is 4. The molecule has 1 aliphatic rings. The zero-order valence-corrected chi connectivity index (χ0v) is 10.6. The lowest BCUT2D eigenvalue weighted by Crippen LogP contribution is -2.33. The first-order chi connectivity index (χ1) is 7.72. The molecule has 4 nitrogen and oxygen atoms in total. The maximum atomic E-state index is 5.33. The Kier molecular flexibility index (Phi) is 6.26. The van der Waals surface area contributed by atoms with Gasteiger partial charge >= 0.3 is 0 Å². The maximum Gasteiger partial charge on any atom is 0.0313 e. The van der Waals surface area contributed by atoms with Gasteiger partial charge in [0.05, 0.1) is 0 Å². The standard InChI is InChI=1S/C12H26N4/c1-11(2)15-12(10-14-13)6-9-16-7-4-3-5-8-16/h10-11,14-15H,3-9,13H2,1-2H3/b12-10-. The molecule has 0 unspecified atom stereocenters. The largest absolute Gasteiger partial charge is 0.385 e. The van der Waals surface area contributed by atoms with E-state index in [0.717, 1.165) is 13.0 Å². The Hall–Kier alpha value is -0.740. The van der Waals surface area contributed by atoms with Crippen molar-refractivity contribution in [2.24, 2.45) is 5.84 Å². The average Bonchev–Trinajstić information content (AvgIpc) is 2.27. The molecule has 0 bridgehead atoms. The Morgan fingerprint density at radius 2 is 2.00 bits per heavy atom. The van der Waals surface area contributed by atoms with Gasteiger partial charge in [0.15, 0.2) is 0 Å². The van der Waals surface area contributed by atoms with E-state index in [-0.39, 0.29) is 0 Å². The lowest BCUT2D eigenvalue weighted by Gasteiger charge is -2.27. The molecule has 0 saturated carbocycles. The molecule has 16 heavy (non-hydrogen) atoms. The van der Waals surface area contributed by atoms with E-state index in [1.165, 1.54) is 38.0 Å². The molecule has 1 heterocycles. The zero-order chi connectivity index (χ0) is 11.8. The van der Waals surface area contributed by atoms with Crippen molar-refractivity contribution in [1.82, 2.24) is 15.6 Å². The number of rotatable bonds is 6. The first-order valence-electron chi connectivity index (χ1n) is 6.36. The molecule has 0 aromatic rings. The molecule has 0 aromatic heterocycles. The van der Waals surface area contributed by atoms with Gasteiger partial charge in [0.1, 0.15) is 0 Å². The second-order valence-corrected chi connectivity index (χ2v) is 4.79. The van der Waals surface area contributed by atoms with Gasteiger partial charge in [-0.1, -0.05) is 6.42 Å². The third-order valence-electron chi connectivity index (χ3n) is 2.88. The topological polar surface area (TPSA) is 53.3 Å². The van der Waals surface area contributed by atoms with E-state index in [0.29, 0.717) is 6.04 Å². The van der Waals surface area contributed by atoms with Crippen LogP contribution in [0.5, 0.6) is 0 Å². The zero-order valence-electron chi connectivity index (χ0n) is 10.6. The van der Waals surface area contributed by atoms with Crippen LogP contribution in [-0.2, 0) is 0 Å². The Bertz CT molecular complexity index is 207. The van der Waals surface area contributed by atoms with Crippen molar-refractivity contribution in [3.63, 3.8) is 0 Å². The fourth-order valence-electron chi connectivity index (χ4n) is 2.12. The Labute approximate surface area is 99.2 Å². The van der Waals surface area contributed by atoms with Gasteiger partial charge in [-0.2, -0.15) is 0 Å². The van der Waals surface area contributed by atoms with Crippen molar-refractivity contribution < 1.29 is 0 Å². The average molecular weight is 226 g/mol. The summed E-state index contributed by atoms with van der Waals surface area (Å²) in [4.78, 5) is 2.54. The van der Waals surface area contributed by atoms with Crippen molar-refractivity contribution in [3.05, 3.63) is 11.9 Å². The minimum absolute atomic E-state index is 0.459. The summed E-state index contributed by atoms with van der Waals surface area (Å²) in [6, 6.07) is 0.459. The monoisotopic (exact) mass is 226 g/mol. The predicted molar refractivity (Wildman–Crippen MR) is 68.6 cm³/mol. The number of nitrogens with two attached hydrogens (primary N) is 1. The molecule has 0 spiro atoms. The summed E-state index contributed by atoms with van der Waals surface area (Å²) < 4.78 is 0. The summed E-state index contributed by atoms with van der Waals surface area (Å²) in [7, 11) is 0. The lowest BCUT2D eigenvalue weighted by molar-refractivity contribution is 0.230. The highest BCUT2D eigenvalue weighted by molar-refractivity contribution is 4.99. The number of nitrogens with zero attached hydrogens (tertiary/aromatic N) is 1. The molecule has 4 N–H and O–H groups in total. The number of likely N-dealkylation sites (tertiary alicyclic amines) is 1. The van der Waals surface area contributed by atoms with Crippen LogP contribution in [0.15, 0.2) is 11.9 Å². The smallest absolute Gasteiger partial charge is 0.0313 e. The maximum absolute atomic E-state index is 5.33. The Morgan fingerprint density at radius 3 is 2.56 bits per heavy atom. The van der Waals surface area contributed by atoms with Crippen LogP contribution in [0.1, 0.15) is 39.5 Å². The van der Waals surface area contributed by atoms with Crippen LogP contribution >= 0.6 is 0 Å². The van der Waals surface area contributed by atoms with E-state index >= 15 is 0 Å². The van der Waals surface area contributed by atoms with Gasteiger partial charge < -0.3 is 15.6 Å². The van der Waals surface area contributed by atoms with E-state index in [9.17, 15) is 0 Å². The molecule has 4 heteroatoms. The van der Waals surface area contributed by atoms with Gasteiger partial charge in [-0.3, -0.25) is 5.84 Å². The van der Waals surface area contributed by atoms with Crippen molar-refractivity contribution in [3.8, 4) is 0 Å². The molecule has 94 valence electrons. The van der Waals surface area contributed by atoms with E-state index in [1.807, 2.05) is 6.20 Å². The normalized spacial score (nSPS) is 18.9. The highest BCUT2D eigenvalue weighted by Crippen LogP contribution is 2.10. The van der Waals surface area contributed by atoms with Crippen LogP contribution in [0.4, 0.5) is 0 Å². The van der Waals surface area contributed by atoms with Gasteiger partial charge in [-0.25, -0.2) is 0 Å². The summed E-state index contributed by atoms with van der Waals surface area (Å²) in [6.45, 7) is 7.93. The quantitative estimate of drug-likeness (QED) is 0.470. The van der Waals surface area contributed by atoms with Crippen molar-refractivity contribution in [2.75, 3.05) is 19.6 Å². The number of piperidine rings is 1. The van der Waals surface area contributed by atoms with Crippen LogP contribution < -0.4 is 16.6 Å². The van der Waals surface area contributed by atoms with Crippen LogP contribution in [0.2, 0.25) is 0 Å². The van der Waals surface area contributed by atoms with Crippen molar-refractivity contribution >= 4 is 0 Å². The molecule has 0 radical (unpaired) electrons. The lowest BCUT2D eigenvalue weighted by atomic mass is 10.1. The van der Waals surface area contributed by atoms with Gasteiger partial charge in [-0.15, -0.1) is 0 Å². The van der Waals surface area contributed by atoms with E-state index < -0.39 is 0 Å². The second-order valence-electron chi connectivity index (χ2n) is 4.79. The van der Waals surface area contributed by atoms with Crippen molar-refractivity contribution in [2.45, 2.75) is 45.6 Å². The van der Waals surface area contributed by atoms with Gasteiger partial charge in [-0.05, 0) is 39.8 Å². The number of hydrogen-bond donors (Lipinski definition) is 3. The number of hydrazine groups is 1. The van der Waals surface area contributed by atoms with Crippen LogP contribution in [0.25, 0.3) is 0 Å². The third kappa shape index (κ3) is 5.37. The van der Waals surface area contributed by atoms with E-state index in [4.69, 9.17) is 5.84 Å².